The second kappa shape index (κ2) is 5.54. The zero-order valence-electron chi connectivity index (χ0n) is 11.1. The Labute approximate surface area is 103 Å². The maximum atomic E-state index is 5.43. The number of aromatic nitrogens is 2. The quantitative estimate of drug-likeness (QED) is 0.853. The van der Waals surface area contributed by atoms with Gasteiger partial charge in [-0.2, -0.15) is 5.10 Å². The van der Waals surface area contributed by atoms with Crippen LogP contribution in [0.2, 0.25) is 0 Å². The number of methoxy groups -OCH3 is 1. The second-order valence-electron chi connectivity index (χ2n) is 4.68. The van der Waals surface area contributed by atoms with Crippen molar-refractivity contribution in [3.8, 4) is 5.75 Å². The third-order valence-electron chi connectivity index (χ3n) is 3.68. The number of hydrogen-bond acceptors (Lipinski definition) is 3. The molecule has 1 saturated carbocycles. The zero-order chi connectivity index (χ0) is 12.3. The average Bonchev–Trinajstić information content (AvgIpc) is 2.94. The first-order valence-electron chi connectivity index (χ1n) is 6.63. The van der Waals surface area contributed by atoms with Crippen LogP contribution in [0.3, 0.4) is 0 Å². The first-order valence-corrected chi connectivity index (χ1v) is 6.63. The van der Waals surface area contributed by atoms with Gasteiger partial charge in [0.15, 0.2) is 5.75 Å². The van der Waals surface area contributed by atoms with E-state index in [2.05, 4.69) is 28.9 Å². The molecule has 1 aromatic rings. The Kier molecular flexibility index (Phi) is 4.05. The van der Waals surface area contributed by atoms with E-state index in [0.717, 1.165) is 18.8 Å². The minimum atomic E-state index is 0.594. The van der Waals surface area contributed by atoms with E-state index in [-0.39, 0.29) is 0 Å². The molecule has 1 heterocycles. The van der Waals surface area contributed by atoms with Gasteiger partial charge in [-0.3, -0.25) is 4.68 Å². The minimum absolute atomic E-state index is 0.594. The highest BCUT2D eigenvalue weighted by atomic mass is 16.5. The fraction of sp³-hybridized carbons (Fsp3) is 0.769. The molecule has 2 atom stereocenters. The van der Waals surface area contributed by atoms with E-state index in [1.165, 1.54) is 25.0 Å². The Balaban J connectivity index is 2.14. The van der Waals surface area contributed by atoms with Crippen LogP contribution >= 0.6 is 0 Å². The van der Waals surface area contributed by atoms with Crippen molar-refractivity contribution >= 4 is 0 Å². The minimum Gasteiger partial charge on any atom is -0.493 e. The van der Waals surface area contributed by atoms with Gasteiger partial charge in [0.05, 0.1) is 19.0 Å². The first kappa shape index (κ1) is 12.4. The highest BCUT2D eigenvalue weighted by Gasteiger charge is 2.30. The Hall–Kier alpha value is -1.03. The van der Waals surface area contributed by atoms with Gasteiger partial charge >= 0.3 is 0 Å². The van der Waals surface area contributed by atoms with E-state index < -0.39 is 0 Å². The van der Waals surface area contributed by atoms with E-state index in [1.54, 1.807) is 7.11 Å². The monoisotopic (exact) mass is 237 g/mol. The van der Waals surface area contributed by atoms with Crippen LogP contribution in [0.25, 0.3) is 0 Å². The Morgan fingerprint density at radius 2 is 2.29 bits per heavy atom. The molecule has 0 amide bonds. The second-order valence-corrected chi connectivity index (χ2v) is 4.68. The van der Waals surface area contributed by atoms with Gasteiger partial charge in [-0.05, 0) is 32.7 Å². The van der Waals surface area contributed by atoms with E-state index >= 15 is 0 Å². The van der Waals surface area contributed by atoms with Gasteiger partial charge < -0.3 is 10.1 Å². The largest absolute Gasteiger partial charge is 0.493 e. The van der Waals surface area contributed by atoms with Crippen LogP contribution < -0.4 is 10.1 Å². The van der Waals surface area contributed by atoms with Gasteiger partial charge in [0.1, 0.15) is 0 Å². The van der Waals surface area contributed by atoms with E-state index in [0.29, 0.717) is 12.0 Å². The molecule has 2 rings (SSSR count). The number of hydrogen-bond donors (Lipinski definition) is 1. The number of rotatable bonds is 5. The van der Waals surface area contributed by atoms with Crippen molar-refractivity contribution in [1.29, 1.82) is 0 Å². The van der Waals surface area contributed by atoms with Gasteiger partial charge in [-0.1, -0.05) is 6.92 Å². The molecule has 0 bridgehead atoms. The van der Waals surface area contributed by atoms with Crippen LogP contribution in [-0.2, 0) is 6.54 Å². The predicted molar refractivity (Wildman–Crippen MR) is 68.5 cm³/mol. The molecular formula is C13H23N3O. The van der Waals surface area contributed by atoms with Crippen molar-refractivity contribution in [2.75, 3.05) is 13.7 Å². The fourth-order valence-electron chi connectivity index (χ4n) is 2.90. The maximum Gasteiger partial charge on any atom is 0.160 e. The van der Waals surface area contributed by atoms with Crippen molar-refractivity contribution in [1.82, 2.24) is 15.1 Å². The summed E-state index contributed by atoms with van der Waals surface area (Å²) in [6, 6.07) is 0.662. The Bertz CT molecular complexity index is 340. The first-order chi connectivity index (χ1) is 8.30. The van der Waals surface area contributed by atoms with Crippen molar-refractivity contribution < 1.29 is 4.74 Å². The summed E-state index contributed by atoms with van der Waals surface area (Å²) >= 11 is 0. The molecule has 4 nitrogen and oxygen atoms in total. The third-order valence-corrected chi connectivity index (χ3v) is 3.68. The lowest BCUT2D eigenvalue weighted by molar-refractivity contribution is 0.400. The molecule has 1 fully saturated rings. The van der Waals surface area contributed by atoms with Gasteiger partial charge in [-0.15, -0.1) is 0 Å². The summed E-state index contributed by atoms with van der Waals surface area (Å²) < 4.78 is 7.51. The highest BCUT2D eigenvalue weighted by molar-refractivity contribution is 5.29. The molecule has 1 aromatic heterocycles. The Morgan fingerprint density at radius 1 is 1.47 bits per heavy atom. The normalized spacial score (nSPS) is 24.2. The SMILES string of the molecule is CCNC1CCC(c2c(OC)cnn2CC)C1. The van der Waals surface area contributed by atoms with Gasteiger partial charge in [0.25, 0.3) is 0 Å². The molecule has 2 unspecified atom stereocenters. The molecule has 1 aliphatic rings. The summed E-state index contributed by atoms with van der Waals surface area (Å²) in [6.45, 7) is 6.28. The van der Waals surface area contributed by atoms with Gasteiger partial charge in [0.2, 0.25) is 0 Å². The van der Waals surface area contributed by atoms with Crippen LogP contribution in [-0.4, -0.2) is 29.5 Å². The Morgan fingerprint density at radius 3 is 2.94 bits per heavy atom. The number of nitrogens with one attached hydrogen (secondary N) is 1. The van der Waals surface area contributed by atoms with E-state index in [9.17, 15) is 0 Å². The van der Waals surface area contributed by atoms with Gasteiger partial charge in [-0.25, -0.2) is 0 Å². The summed E-state index contributed by atoms with van der Waals surface area (Å²) in [5.41, 5.74) is 1.29. The van der Waals surface area contributed by atoms with Crippen LogP contribution in [0.5, 0.6) is 5.75 Å². The summed E-state index contributed by atoms with van der Waals surface area (Å²) in [4.78, 5) is 0. The van der Waals surface area contributed by atoms with E-state index in [1.807, 2.05) is 6.20 Å². The highest BCUT2D eigenvalue weighted by Crippen LogP contribution is 2.38. The van der Waals surface area contributed by atoms with Crippen molar-refractivity contribution in [3.63, 3.8) is 0 Å². The zero-order valence-corrected chi connectivity index (χ0v) is 11.1. The smallest absolute Gasteiger partial charge is 0.160 e. The summed E-state index contributed by atoms with van der Waals surface area (Å²) in [5.74, 6) is 1.55. The summed E-state index contributed by atoms with van der Waals surface area (Å²) in [7, 11) is 1.73. The van der Waals surface area contributed by atoms with Crippen molar-refractivity contribution in [3.05, 3.63) is 11.9 Å². The molecule has 96 valence electrons. The standard InChI is InChI=1S/C13H23N3O/c1-4-14-11-7-6-10(8-11)13-12(17-3)9-15-16(13)5-2/h9-11,14H,4-8H2,1-3H3. The van der Waals surface area contributed by atoms with Crippen molar-refractivity contribution in [2.24, 2.45) is 0 Å². The summed E-state index contributed by atoms with van der Waals surface area (Å²) in [5, 5.41) is 7.93. The lowest BCUT2D eigenvalue weighted by Crippen LogP contribution is -2.25. The molecular weight excluding hydrogens is 214 g/mol. The van der Waals surface area contributed by atoms with Crippen LogP contribution in [0.1, 0.15) is 44.7 Å². The van der Waals surface area contributed by atoms with Crippen LogP contribution in [0.15, 0.2) is 6.20 Å². The molecule has 4 heteroatoms. The molecule has 0 spiro atoms. The average molecular weight is 237 g/mol. The lowest BCUT2D eigenvalue weighted by Gasteiger charge is -2.15. The molecule has 0 aromatic carbocycles. The molecule has 1 aliphatic carbocycles. The summed E-state index contributed by atoms with van der Waals surface area (Å²) in [6.07, 6.45) is 5.55. The van der Waals surface area contributed by atoms with Crippen LogP contribution in [0, 0.1) is 0 Å². The molecule has 17 heavy (non-hydrogen) atoms. The fourth-order valence-corrected chi connectivity index (χ4v) is 2.90. The van der Waals surface area contributed by atoms with Crippen LogP contribution in [0.4, 0.5) is 0 Å². The number of ether oxygens (including phenoxy) is 1. The third kappa shape index (κ3) is 2.46. The number of nitrogens with zero attached hydrogens (tertiary/aromatic N) is 2. The topological polar surface area (TPSA) is 39.1 Å². The van der Waals surface area contributed by atoms with E-state index in [4.69, 9.17) is 4.74 Å². The molecule has 0 radical (unpaired) electrons. The predicted octanol–water partition coefficient (Wildman–Crippen LogP) is 2.16. The van der Waals surface area contributed by atoms with Gasteiger partial charge in [0, 0.05) is 18.5 Å². The van der Waals surface area contributed by atoms with Crippen molar-refractivity contribution in [2.45, 2.75) is 51.6 Å². The molecule has 1 N–H and O–H groups in total. The lowest BCUT2D eigenvalue weighted by atomic mass is 10.0. The number of aryl methyl sites for hydroxylation is 1. The molecule has 0 saturated heterocycles. The maximum absolute atomic E-state index is 5.43. The molecule has 0 aliphatic heterocycles.